The topological polar surface area (TPSA) is 57.7 Å². The lowest BCUT2D eigenvalue weighted by Crippen LogP contribution is -2.46. The molecule has 1 spiro atoms. The number of piperidine rings is 2. The Hall–Kier alpha value is -2.60. The number of fused-ring (bicyclic) bond motifs is 1. The van der Waals surface area contributed by atoms with Crippen molar-refractivity contribution in [1.82, 2.24) is 15.2 Å². The van der Waals surface area contributed by atoms with E-state index >= 15 is 0 Å². The van der Waals surface area contributed by atoms with Crippen molar-refractivity contribution < 1.29 is 9.53 Å². The molecule has 0 bridgehead atoms. The van der Waals surface area contributed by atoms with Crippen LogP contribution >= 0.6 is 0 Å². The highest BCUT2D eigenvalue weighted by Crippen LogP contribution is 2.46. The predicted molar refractivity (Wildman–Crippen MR) is 138 cm³/mol. The summed E-state index contributed by atoms with van der Waals surface area (Å²) in [6.45, 7) is 4.43. The molecule has 1 aromatic heterocycles. The second-order valence-electron chi connectivity index (χ2n) is 11.2. The molecule has 6 rings (SSSR count). The van der Waals surface area contributed by atoms with Gasteiger partial charge in [-0.1, -0.05) is 12.5 Å². The molecule has 3 heterocycles. The lowest BCUT2D eigenvalue weighted by Gasteiger charge is -2.41. The first-order valence-electron chi connectivity index (χ1n) is 13.6. The fraction of sp³-hybridized carbons (Fsp3) is 0.586. The highest BCUT2D eigenvalue weighted by atomic mass is 16.5. The van der Waals surface area contributed by atoms with Crippen LogP contribution in [0.1, 0.15) is 66.4 Å². The summed E-state index contributed by atoms with van der Waals surface area (Å²) in [5.41, 5.74) is 3.99. The number of nitrogens with zero attached hydrogens (tertiary/aromatic N) is 3. The summed E-state index contributed by atoms with van der Waals surface area (Å²) >= 11 is 0. The van der Waals surface area contributed by atoms with E-state index in [0.29, 0.717) is 17.1 Å². The number of carbonyl (C=O) groups is 1. The number of rotatable bonds is 5. The Morgan fingerprint density at radius 3 is 2.43 bits per heavy atom. The fourth-order valence-corrected chi connectivity index (χ4v) is 6.60. The largest absolute Gasteiger partial charge is 0.490 e. The Balaban J connectivity index is 1.03. The molecule has 2 aliphatic heterocycles. The van der Waals surface area contributed by atoms with Gasteiger partial charge in [0.25, 0.3) is 5.91 Å². The third-order valence-electron chi connectivity index (χ3n) is 9.06. The minimum atomic E-state index is -0.0900. The number of hydrogen-bond donors (Lipinski definition) is 1. The van der Waals surface area contributed by atoms with Gasteiger partial charge in [0, 0.05) is 45.5 Å². The zero-order valence-electron chi connectivity index (χ0n) is 21.0. The summed E-state index contributed by atoms with van der Waals surface area (Å²) in [6, 6.07) is 11.6. The molecule has 2 aromatic rings. The van der Waals surface area contributed by atoms with Gasteiger partial charge in [0.2, 0.25) is 0 Å². The maximum absolute atomic E-state index is 11.8. The van der Waals surface area contributed by atoms with E-state index in [9.17, 15) is 4.79 Å². The van der Waals surface area contributed by atoms with Crippen LogP contribution in [0.2, 0.25) is 0 Å². The van der Waals surface area contributed by atoms with Crippen molar-refractivity contribution in [3.05, 3.63) is 53.2 Å². The molecule has 4 aliphatic rings. The second kappa shape index (κ2) is 9.45. The first-order chi connectivity index (χ1) is 17.1. The normalized spacial score (nSPS) is 22.6. The van der Waals surface area contributed by atoms with Crippen LogP contribution in [0.15, 0.2) is 36.5 Å². The third kappa shape index (κ3) is 4.65. The van der Waals surface area contributed by atoms with Gasteiger partial charge in [-0.15, -0.1) is 0 Å². The molecule has 2 aliphatic carbocycles. The Kier molecular flexibility index (Phi) is 6.17. The lowest BCUT2D eigenvalue weighted by molar-refractivity contribution is 0.0493. The Labute approximate surface area is 209 Å². The van der Waals surface area contributed by atoms with E-state index in [1.165, 1.54) is 62.7 Å². The van der Waals surface area contributed by atoms with Gasteiger partial charge in [-0.3, -0.25) is 4.79 Å². The van der Waals surface area contributed by atoms with Crippen LogP contribution in [0.3, 0.4) is 0 Å². The van der Waals surface area contributed by atoms with Crippen LogP contribution in [0.4, 0.5) is 5.82 Å². The van der Waals surface area contributed by atoms with Crippen LogP contribution in [0, 0.1) is 5.41 Å². The Morgan fingerprint density at radius 1 is 1.00 bits per heavy atom. The fourth-order valence-electron chi connectivity index (χ4n) is 6.60. The highest BCUT2D eigenvalue weighted by Gasteiger charge is 2.40. The number of carbonyl (C=O) groups excluding carboxylic acids is 1. The molecule has 35 heavy (non-hydrogen) atoms. The molecule has 6 nitrogen and oxygen atoms in total. The van der Waals surface area contributed by atoms with E-state index in [0.717, 1.165) is 50.0 Å². The van der Waals surface area contributed by atoms with Gasteiger partial charge in [0.05, 0.1) is 5.56 Å². The van der Waals surface area contributed by atoms with Crippen molar-refractivity contribution in [2.75, 3.05) is 38.1 Å². The highest BCUT2D eigenvalue weighted by molar-refractivity contribution is 5.93. The average Bonchev–Trinajstić information content (AvgIpc) is 3.21. The minimum Gasteiger partial charge on any atom is -0.490 e. The van der Waals surface area contributed by atoms with Gasteiger partial charge >= 0.3 is 0 Å². The van der Waals surface area contributed by atoms with Crippen molar-refractivity contribution >= 4 is 11.7 Å². The molecule has 1 saturated carbocycles. The lowest BCUT2D eigenvalue weighted by atomic mass is 9.76. The zero-order valence-corrected chi connectivity index (χ0v) is 21.0. The second-order valence-corrected chi connectivity index (χ2v) is 11.2. The van der Waals surface area contributed by atoms with Gasteiger partial charge in [0.15, 0.2) is 0 Å². The van der Waals surface area contributed by atoms with Gasteiger partial charge in [0.1, 0.15) is 17.7 Å². The monoisotopic (exact) mass is 474 g/mol. The van der Waals surface area contributed by atoms with Gasteiger partial charge in [-0.2, -0.15) is 0 Å². The summed E-state index contributed by atoms with van der Waals surface area (Å²) in [4.78, 5) is 21.4. The molecule has 0 radical (unpaired) electrons. The first kappa shape index (κ1) is 22.8. The Bertz CT molecular complexity index is 1050. The molecular weight excluding hydrogens is 436 g/mol. The maximum Gasteiger partial charge on any atom is 0.252 e. The standard InChI is InChI=1S/C29H38N4O2/c1-30-28(34)22-6-8-27(31-20-22)33-15-11-29(12-16-33)18-21-5-7-26(17-23(21)19-29)35-25-9-13-32(14-10-25)24-3-2-4-24/h5-8,17,20,24-25H,2-4,9-16,18-19H2,1H3,(H,30,34). The summed E-state index contributed by atoms with van der Waals surface area (Å²) in [5, 5.41) is 2.66. The molecule has 1 N–H and O–H groups in total. The van der Waals surface area contributed by atoms with Crippen LogP contribution in [-0.2, 0) is 12.8 Å². The number of ether oxygens (including phenoxy) is 1. The predicted octanol–water partition coefficient (Wildman–Crippen LogP) is 4.22. The average molecular weight is 475 g/mol. The third-order valence-corrected chi connectivity index (χ3v) is 9.06. The molecule has 1 aromatic carbocycles. The molecule has 0 unspecified atom stereocenters. The van der Waals surface area contributed by atoms with Gasteiger partial charge in [-0.05, 0) is 92.2 Å². The zero-order chi connectivity index (χ0) is 23.8. The quantitative estimate of drug-likeness (QED) is 0.703. The summed E-state index contributed by atoms with van der Waals surface area (Å²) in [5.74, 6) is 1.95. The van der Waals surface area contributed by atoms with Crippen LogP contribution < -0.4 is 15.0 Å². The molecule has 186 valence electrons. The SMILES string of the molecule is CNC(=O)c1ccc(N2CCC3(CC2)Cc2ccc(OC4CCN(C5CCC5)CC4)cc2C3)nc1. The molecule has 3 fully saturated rings. The van der Waals surface area contributed by atoms with Gasteiger partial charge < -0.3 is 19.9 Å². The number of amides is 1. The first-order valence-corrected chi connectivity index (χ1v) is 13.6. The Morgan fingerprint density at radius 2 is 1.77 bits per heavy atom. The van der Waals surface area contributed by atoms with Crippen LogP contribution in [0.5, 0.6) is 5.75 Å². The van der Waals surface area contributed by atoms with E-state index in [1.54, 1.807) is 13.2 Å². The van der Waals surface area contributed by atoms with Crippen molar-refractivity contribution in [1.29, 1.82) is 0 Å². The maximum atomic E-state index is 11.8. The number of hydrogen-bond acceptors (Lipinski definition) is 5. The van der Waals surface area contributed by atoms with E-state index in [1.807, 2.05) is 12.1 Å². The summed E-state index contributed by atoms with van der Waals surface area (Å²) in [7, 11) is 1.65. The molecule has 2 saturated heterocycles. The molecule has 0 atom stereocenters. The number of likely N-dealkylation sites (tertiary alicyclic amines) is 1. The van der Waals surface area contributed by atoms with Crippen molar-refractivity contribution in [3.63, 3.8) is 0 Å². The molecular formula is C29H38N4O2. The summed E-state index contributed by atoms with van der Waals surface area (Å²) in [6.07, 6.45) is 13.3. The number of benzene rings is 1. The smallest absolute Gasteiger partial charge is 0.252 e. The molecule has 1 amide bonds. The minimum absolute atomic E-state index is 0.0900. The van der Waals surface area contributed by atoms with Crippen molar-refractivity contribution in [3.8, 4) is 5.75 Å². The number of nitrogens with one attached hydrogen (secondary N) is 1. The van der Waals surface area contributed by atoms with Crippen LogP contribution in [0.25, 0.3) is 0 Å². The number of aromatic nitrogens is 1. The number of anilines is 1. The van der Waals surface area contributed by atoms with Crippen LogP contribution in [-0.4, -0.2) is 61.2 Å². The number of pyridine rings is 1. The van der Waals surface area contributed by atoms with E-state index in [2.05, 4.69) is 38.3 Å². The summed E-state index contributed by atoms with van der Waals surface area (Å²) < 4.78 is 6.47. The van der Waals surface area contributed by atoms with E-state index < -0.39 is 0 Å². The van der Waals surface area contributed by atoms with Gasteiger partial charge in [-0.25, -0.2) is 4.98 Å². The van der Waals surface area contributed by atoms with Crippen molar-refractivity contribution in [2.45, 2.75) is 69.9 Å². The van der Waals surface area contributed by atoms with E-state index in [-0.39, 0.29) is 5.91 Å². The molecule has 6 heteroatoms. The van der Waals surface area contributed by atoms with Crippen molar-refractivity contribution in [2.24, 2.45) is 5.41 Å². The van der Waals surface area contributed by atoms with E-state index in [4.69, 9.17) is 4.74 Å².